The van der Waals surface area contributed by atoms with Crippen LogP contribution >= 0.6 is 0 Å². The van der Waals surface area contributed by atoms with E-state index in [-0.39, 0.29) is 23.5 Å². The van der Waals surface area contributed by atoms with Gasteiger partial charge in [0.05, 0.1) is 5.60 Å². The molecule has 4 nitrogen and oxygen atoms in total. The van der Waals surface area contributed by atoms with Crippen LogP contribution < -0.4 is 11.1 Å². The maximum Gasteiger partial charge on any atom is 0.220 e. The second kappa shape index (κ2) is 7.10. The lowest BCUT2D eigenvalue weighted by Gasteiger charge is -2.40. The third-order valence-corrected chi connectivity index (χ3v) is 4.08. The molecule has 0 aromatic heterocycles. The molecule has 0 bridgehead atoms. The number of carbonyl (C=O) groups is 1. The highest BCUT2D eigenvalue weighted by Crippen LogP contribution is 2.31. The van der Waals surface area contributed by atoms with Crippen molar-refractivity contribution in [1.29, 1.82) is 0 Å². The zero-order valence-corrected chi connectivity index (χ0v) is 12.0. The number of nitrogens with one attached hydrogen (secondary N) is 1. The Morgan fingerprint density at radius 3 is 2.72 bits per heavy atom. The van der Waals surface area contributed by atoms with E-state index in [2.05, 4.69) is 19.2 Å². The summed E-state index contributed by atoms with van der Waals surface area (Å²) in [6.45, 7) is 7.63. The molecule has 1 heterocycles. The minimum atomic E-state index is -0.0321. The number of nitrogens with two attached hydrogens (primary N) is 1. The molecule has 106 valence electrons. The summed E-state index contributed by atoms with van der Waals surface area (Å²) in [6, 6.07) is 0.260. The van der Waals surface area contributed by atoms with Crippen LogP contribution in [0.4, 0.5) is 0 Å². The van der Waals surface area contributed by atoms with Crippen molar-refractivity contribution in [3.05, 3.63) is 0 Å². The molecule has 0 aromatic carbocycles. The van der Waals surface area contributed by atoms with Gasteiger partial charge in [0.2, 0.25) is 5.91 Å². The van der Waals surface area contributed by atoms with Gasteiger partial charge in [-0.25, -0.2) is 0 Å². The van der Waals surface area contributed by atoms with E-state index in [1.54, 1.807) is 0 Å². The van der Waals surface area contributed by atoms with Crippen molar-refractivity contribution in [3.8, 4) is 0 Å². The van der Waals surface area contributed by atoms with Crippen LogP contribution in [0.15, 0.2) is 0 Å². The molecule has 1 aliphatic heterocycles. The van der Waals surface area contributed by atoms with Crippen molar-refractivity contribution in [3.63, 3.8) is 0 Å². The number of hydrogen-bond acceptors (Lipinski definition) is 3. The fourth-order valence-corrected chi connectivity index (χ4v) is 2.58. The molecular formula is C14H28N2O2. The van der Waals surface area contributed by atoms with Gasteiger partial charge in [0.1, 0.15) is 0 Å². The molecule has 3 N–H and O–H groups in total. The molecule has 0 radical (unpaired) electrons. The number of carbonyl (C=O) groups excluding carboxylic acids is 1. The fourth-order valence-electron chi connectivity index (χ4n) is 2.58. The van der Waals surface area contributed by atoms with Gasteiger partial charge in [0, 0.05) is 19.1 Å². The standard InChI is InChI=1S/C14H28N2O2/c1-4-14(5-2)9-12(6-7-18-14)16-13(17)8-11(3)10-15/h11-12H,4-10,15H2,1-3H3,(H,16,17). The predicted octanol–water partition coefficient (Wildman–Crippen LogP) is 1.83. The fraction of sp³-hybridized carbons (Fsp3) is 0.929. The van der Waals surface area contributed by atoms with Gasteiger partial charge < -0.3 is 15.8 Å². The maximum absolute atomic E-state index is 11.9. The van der Waals surface area contributed by atoms with Gasteiger partial charge in [-0.05, 0) is 38.1 Å². The van der Waals surface area contributed by atoms with Crippen molar-refractivity contribution >= 4 is 5.91 Å². The van der Waals surface area contributed by atoms with Crippen LogP contribution in [-0.2, 0) is 9.53 Å². The van der Waals surface area contributed by atoms with E-state index in [9.17, 15) is 4.79 Å². The minimum Gasteiger partial charge on any atom is -0.375 e. The van der Waals surface area contributed by atoms with Gasteiger partial charge in [-0.2, -0.15) is 0 Å². The summed E-state index contributed by atoms with van der Waals surface area (Å²) in [4.78, 5) is 11.9. The summed E-state index contributed by atoms with van der Waals surface area (Å²) in [5.74, 6) is 0.382. The average Bonchev–Trinajstić information content (AvgIpc) is 2.38. The highest BCUT2D eigenvalue weighted by Gasteiger charge is 2.34. The van der Waals surface area contributed by atoms with E-state index >= 15 is 0 Å². The molecular weight excluding hydrogens is 228 g/mol. The zero-order valence-electron chi connectivity index (χ0n) is 12.0. The first-order chi connectivity index (χ1) is 8.55. The van der Waals surface area contributed by atoms with E-state index in [1.165, 1.54) is 0 Å². The number of ether oxygens (including phenoxy) is 1. The topological polar surface area (TPSA) is 64.4 Å². The zero-order chi connectivity index (χ0) is 13.6. The molecule has 1 aliphatic rings. The smallest absolute Gasteiger partial charge is 0.220 e. The van der Waals surface area contributed by atoms with Crippen LogP contribution in [0.2, 0.25) is 0 Å². The monoisotopic (exact) mass is 256 g/mol. The Morgan fingerprint density at radius 1 is 1.50 bits per heavy atom. The molecule has 1 amide bonds. The van der Waals surface area contributed by atoms with Crippen molar-refractivity contribution < 1.29 is 9.53 Å². The van der Waals surface area contributed by atoms with Crippen LogP contribution in [0.5, 0.6) is 0 Å². The molecule has 1 rings (SSSR count). The van der Waals surface area contributed by atoms with E-state index in [1.807, 2.05) is 6.92 Å². The molecule has 0 saturated carbocycles. The molecule has 1 saturated heterocycles. The van der Waals surface area contributed by atoms with Crippen molar-refractivity contribution in [2.45, 2.75) is 64.5 Å². The Hall–Kier alpha value is -0.610. The largest absolute Gasteiger partial charge is 0.375 e. The van der Waals surface area contributed by atoms with E-state index in [0.717, 1.165) is 32.3 Å². The van der Waals surface area contributed by atoms with Crippen LogP contribution in [0.25, 0.3) is 0 Å². The summed E-state index contributed by atoms with van der Waals surface area (Å²) in [5.41, 5.74) is 5.51. The maximum atomic E-state index is 11.9. The molecule has 2 unspecified atom stereocenters. The van der Waals surface area contributed by atoms with Crippen molar-refractivity contribution in [2.75, 3.05) is 13.2 Å². The molecule has 0 spiro atoms. The molecule has 2 atom stereocenters. The van der Waals surface area contributed by atoms with Crippen LogP contribution in [0, 0.1) is 5.92 Å². The summed E-state index contributed by atoms with van der Waals surface area (Å²) in [5, 5.41) is 3.13. The lowest BCUT2D eigenvalue weighted by molar-refractivity contribution is -0.126. The van der Waals surface area contributed by atoms with E-state index < -0.39 is 0 Å². The summed E-state index contributed by atoms with van der Waals surface area (Å²) in [7, 11) is 0. The second-order valence-electron chi connectivity index (χ2n) is 5.54. The molecule has 0 aromatic rings. The quantitative estimate of drug-likeness (QED) is 0.762. The van der Waals surface area contributed by atoms with Crippen LogP contribution in [0.3, 0.4) is 0 Å². The number of amides is 1. The normalized spacial score (nSPS) is 24.6. The molecule has 4 heteroatoms. The van der Waals surface area contributed by atoms with Crippen LogP contribution in [0.1, 0.15) is 52.9 Å². The van der Waals surface area contributed by atoms with Crippen molar-refractivity contribution in [2.24, 2.45) is 11.7 Å². The first kappa shape index (κ1) is 15.4. The minimum absolute atomic E-state index is 0.0321. The van der Waals surface area contributed by atoms with Gasteiger partial charge in [0.25, 0.3) is 0 Å². The van der Waals surface area contributed by atoms with Crippen LogP contribution in [-0.4, -0.2) is 30.7 Å². The van der Waals surface area contributed by atoms with Crippen molar-refractivity contribution in [1.82, 2.24) is 5.32 Å². The lowest BCUT2D eigenvalue weighted by atomic mass is 9.86. The average molecular weight is 256 g/mol. The summed E-state index contributed by atoms with van der Waals surface area (Å²) in [6.07, 6.45) is 4.40. The van der Waals surface area contributed by atoms with Gasteiger partial charge in [-0.3, -0.25) is 4.79 Å². The van der Waals surface area contributed by atoms with Gasteiger partial charge in [-0.15, -0.1) is 0 Å². The Labute approximate surface area is 111 Å². The molecule has 1 fully saturated rings. The van der Waals surface area contributed by atoms with E-state index in [4.69, 9.17) is 10.5 Å². The third kappa shape index (κ3) is 4.25. The number of hydrogen-bond donors (Lipinski definition) is 2. The first-order valence-corrected chi connectivity index (χ1v) is 7.18. The lowest BCUT2D eigenvalue weighted by Crippen LogP contribution is -2.48. The highest BCUT2D eigenvalue weighted by atomic mass is 16.5. The third-order valence-electron chi connectivity index (χ3n) is 4.08. The second-order valence-corrected chi connectivity index (χ2v) is 5.54. The van der Waals surface area contributed by atoms with E-state index in [0.29, 0.717) is 13.0 Å². The molecule has 18 heavy (non-hydrogen) atoms. The molecule has 0 aliphatic carbocycles. The first-order valence-electron chi connectivity index (χ1n) is 7.18. The van der Waals surface area contributed by atoms with Gasteiger partial charge in [0.15, 0.2) is 0 Å². The predicted molar refractivity (Wildman–Crippen MR) is 73.3 cm³/mol. The van der Waals surface area contributed by atoms with Gasteiger partial charge >= 0.3 is 0 Å². The number of rotatable bonds is 6. The summed E-state index contributed by atoms with van der Waals surface area (Å²) >= 11 is 0. The Kier molecular flexibility index (Phi) is 6.09. The highest BCUT2D eigenvalue weighted by molar-refractivity contribution is 5.76. The Bertz CT molecular complexity index is 265. The van der Waals surface area contributed by atoms with Gasteiger partial charge in [-0.1, -0.05) is 20.8 Å². The SMILES string of the molecule is CCC1(CC)CC(NC(=O)CC(C)CN)CCO1. The Morgan fingerprint density at radius 2 is 2.17 bits per heavy atom. The summed E-state index contributed by atoms with van der Waals surface area (Å²) < 4.78 is 5.91. The Balaban J connectivity index is 2.45.